The van der Waals surface area contributed by atoms with Gasteiger partial charge >= 0.3 is 6.18 Å². The minimum atomic E-state index is -4.51. The fourth-order valence-corrected chi connectivity index (χ4v) is 4.40. The summed E-state index contributed by atoms with van der Waals surface area (Å²) >= 11 is 0. The highest BCUT2D eigenvalue weighted by atomic mass is 19.4. The van der Waals surface area contributed by atoms with Crippen LogP contribution in [0.5, 0.6) is 0 Å². The Labute approximate surface area is 170 Å². The van der Waals surface area contributed by atoms with Crippen LogP contribution in [0.25, 0.3) is 16.7 Å². The average Bonchev–Trinajstić information content (AvgIpc) is 3.32. The maximum atomic E-state index is 13.5. The second-order valence-corrected chi connectivity index (χ2v) is 7.88. The number of alkyl halides is 3. The summed E-state index contributed by atoms with van der Waals surface area (Å²) in [4.78, 5) is 14.0. The number of piperidine rings is 1. The standard InChI is InChI=1S/C21H21F3N6/c1-13-15-6-2-3-7-16(15)27-18(13)11-29-8-4-5-14(10-29)17-9-19(21(22,23)24)30-20(28-17)25-12-26-30/h2-3,6-7,9,12,14,27H,4-5,8,10-11H2,1H3. The van der Waals surface area contributed by atoms with E-state index < -0.39 is 11.9 Å². The number of para-hydroxylation sites is 1. The number of halogens is 3. The van der Waals surface area contributed by atoms with Gasteiger partial charge in [0.2, 0.25) is 0 Å². The number of aromatic amines is 1. The predicted molar refractivity (Wildman–Crippen MR) is 106 cm³/mol. The molecular weight excluding hydrogens is 393 g/mol. The van der Waals surface area contributed by atoms with Crippen molar-refractivity contribution in [3.63, 3.8) is 0 Å². The number of hydrogen-bond donors (Lipinski definition) is 1. The molecule has 0 radical (unpaired) electrons. The summed E-state index contributed by atoms with van der Waals surface area (Å²) in [6.45, 7) is 4.40. The van der Waals surface area contributed by atoms with Crippen LogP contribution in [0.2, 0.25) is 0 Å². The molecule has 1 saturated heterocycles. The molecule has 3 aromatic heterocycles. The van der Waals surface area contributed by atoms with E-state index in [0.29, 0.717) is 12.2 Å². The molecule has 1 aliphatic heterocycles. The van der Waals surface area contributed by atoms with Crippen molar-refractivity contribution < 1.29 is 13.2 Å². The number of aromatic nitrogens is 5. The maximum absolute atomic E-state index is 13.5. The zero-order chi connectivity index (χ0) is 20.9. The summed E-state index contributed by atoms with van der Waals surface area (Å²) < 4.78 is 41.3. The number of nitrogens with one attached hydrogen (secondary N) is 1. The van der Waals surface area contributed by atoms with Crippen LogP contribution >= 0.6 is 0 Å². The number of likely N-dealkylation sites (tertiary alicyclic amines) is 1. The van der Waals surface area contributed by atoms with E-state index in [-0.39, 0.29) is 11.7 Å². The molecule has 5 rings (SSSR count). The summed E-state index contributed by atoms with van der Waals surface area (Å²) in [7, 11) is 0. The topological polar surface area (TPSA) is 62.1 Å². The van der Waals surface area contributed by atoms with E-state index >= 15 is 0 Å². The summed E-state index contributed by atoms with van der Waals surface area (Å²) in [5.74, 6) is -0.0883. The minimum absolute atomic E-state index is 0.0107. The van der Waals surface area contributed by atoms with Gasteiger partial charge in [-0.2, -0.15) is 27.8 Å². The van der Waals surface area contributed by atoms with Gasteiger partial charge in [-0.25, -0.2) is 4.98 Å². The van der Waals surface area contributed by atoms with Crippen molar-refractivity contribution in [2.75, 3.05) is 13.1 Å². The third-order valence-corrected chi connectivity index (χ3v) is 5.94. The summed E-state index contributed by atoms with van der Waals surface area (Å²) in [5.41, 5.74) is 3.07. The van der Waals surface area contributed by atoms with Gasteiger partial charge in [-0.3, -0.25) is 4.90 Å². The van der Waals surface area contributed by atoms with E-state index in [0.717, 1.165) is 54.1 Å². The third kappa shape index (κ3) is 3.32. The molecule has 1 N–H and O–H groups in total. The average molecular weight is 414 g/mol. The van der Waals surface area contributed by atoms with E-state index in [1.807, 2.05) is 12.1 Å². The molecule has 0 saturated carbocycles. The Morgan fingerprint density at radius 3 is 2.87 bits per heavy atom. The van der Waals surface area contributed by atoms with E-state index in [9.17, 15) is 13.2 Å². The van der Waals surface area contributed by atoms with Crippen molar-refractivity contribution in [1.82, 2.24) is 29.5 Å². The van der Waals surface area contributed by atoms with E-state index in [2.05, 4.69) is 44.0 Å². The normalized spacial score (nSPS) is 18.5. The highest BCUT2D eigenvalue weighted by Gasteiger charge is 2.36. The smallest absolute Gasteiger partial charge is 0.357 e. The first-order chi connectivity index (χ1) is 14.4. The molecule has 4 heterocycles. The van der Waals surface area contributed by atoms with Crippen molar-refractivity contribution in [3.05, 3.63) is 59.3 Å². The number of H-pyrrole nitrogens is 1. The molecule has 0 aliphatic carbocycles. The van der Waals surface area contributed by atoms with Gasteiger partial charge < -0.3 is 4.98 Å². The Balaban J connectivity index is 1.42. The Bertz CT molecular complexity index is 1210. The van der Waals surface area contributed by atoms with E-state index in [1.54, 1.807) is 0 Å². The second-order valence-electron chi connectivity index (χ2n) is 7.88. The van der Waals surface area contributed by atoms with Gasteiger partial charge in [0.25, 0.3) is 5.78 Å². The molecule has 30 heavy (non-hydrogen) atoms. The van der Waals surface area contributed by atoms with Crippen molar-refractivity contribution in [1.29, 1.82) is 0 Å². The molecule has 1 aromatic carbocycles. The number of fused-ring (bicyclic) bond motifs is 2. The van der Waals surface area contributed by atoms with Crippen LogP contribution < -0.4 is 0 Å². The highest BCUT2D eigenvalue weighted by molar-refractivity contribution is 5.84. The van der Waals surface area contributed by atoms with Gasteiger partial charge in [0.1, 0.15) is 6.33 Å². The lowest BCUT2D eigenvalue weighted by Crippen LogP contribution is -2.34. The van der Waals surface area contributed by atoms with E-state index in [4.69, 9.17) is 0 Å². The fraction of sp³-hybridized carbons (Fsp3) is 0.381. The lowest BCUT2D eigenvalue weighted by Gasteiger charge is -2.32. The molecule has 1 aliphatic rings. The van der Waals surface area contributed by atoms with Gasteiger partial charge in [-0.05, 0) is 44.0 Å². The van der Waals surface area contributed by atoms with Gasteiger partial charge in [-0.1, -0.05) is 18.2 Å². The van der Waals surface area contributed by atoms with E-state index in [1.165, 1.54) is 10.9 Å². The Kier molecular flexibility index (Phi) is 4.50. The first-order valence-corrected chi connectivity index (χ1v) is 9.96. The number of hydrogen-bond acceptors (Lipinski definition) is 4. The number of aryl methyl sites for hydroxylation is 1. The van der Waals surface area contributed by atoms with Crippen molar-refractivity contribution in [2.24, 2.45) is 0 Å². The summed E-state index contributed by atoms with van der Waals surface area (Å²) in [6, 6.07) is 9.31. The number of benzene rings is 1. The molecule has 4 aromatic rings. The first-order valence-electron chi connectivity index (χ1n) is 9.96. The summed E-state index contributed by atoms with van der Waals surface area (Å²) in [5, 5.41) is 4.88. The minimum Gasteiger partial charge on any atom is -0.357 e. The molecule has 1 fully saturated rings. The quantitative estimate of drug-likeness (QED) is 0.543. The van der Waals surface area contributed by atoms with Gasteiger partial charge in [0.05, 0.1) is 5.69 Å². The fourth-order valence-electron chi connectivity index (χ4n) is 4.40. The molecule has 0 bridgehead atoms. The summed E-state index contributed by atoms with van der Waals surface area (Å²) in [6.07, 6.45) is -1.70. The second kappa shape index (κ2) is 7.09. The Hall–Kier alpha value is -2.94. The molecule has 1 unspecified atom stereocenters. The first kappa shape index (κ1) is 19.0. The SMILES string of the molecule is Cc1c(CN2CCCC(c3cc(C(F)(F)F)n4ncnc4n3)C2)[nH]c2ccccc12. The molecule has 0 amide bonds. The Morgan fingerprint density at radius 1 is 1.23 bits per heavy atom. The highest BCUT2D eigenvalue weighted by Crippen LogP contribution is 2.33. The molecule has 1 atom stereocenters. The van der Waals surface area contributed by atoms with Crippen molar-refractivity contribution >= 4 is 16.7 Å². The number of rotatable bonds is 3. The maximum Gasteiger partial charge on any atom is 0.433 e. The predicted octanol–water partition coefficient (Wildman–Crippen LogP) is 4.31. The number of nitrogens with zero attached hydrogens (tertiary/aromatic N) is 5. The van der Waals surface area contributed by atoms with Gasteiger partial charge in [0.15, 0.2) is 5.69 Å². The van der Waals surface area contributed by atoms with Gasteiger partial charge in [0, 0.05) is 35.6 Å². The van der Waals surface area contributed by atoms with Crippen LogP contribution in [0.1, 0.15) is 41.4 Å². The molecule has 0 spiro atoms. The lowest BCUT2D eigenvalue weighted by atomic mass is 9.94. The van der Waals surface area contributed by atoms with Gasteiger partial charge in [-0.15, -0.1) is 0 Å². The van der Waals surface area contributed by atoms with Crippen LogP contribution in [0, 0.1) is 6.92 Å². The third-order valence-electron chi connectivity index (χ3n) is 5.94. The van der Waals surface area contributed by atoms with Crippen LogP contribution in [-0.2, 0) is 12.7 Å². The largest absolute Gasteiger partial charge is 0.433 e. The molecule has 9 heteroatoms. The Morgan fingerprint density at radius 2 is 2.07 bits per heavy atom. The lowest BCUT2D eigenvalue weighted by molar-refractivity contribution is -0.142. The monoisotopic (exact) mass is 414 g/mol. The van der Waals surface area contributed by atoms with Crippen molar-refractivity contribution in [3.8, 4) is 0 Å². The van der Waals surface area contributed by atoms with Crippen LogP contribution in [0.4, 0.5) is 13.2 Å². The van der Waals surface area contributed by atoms with Crippen molar-refractivity contribution in [2.45, 2.75) is 38.4 Å². The van der Waals surface area contributed by atoms with Crippen LogP contribution in [0.15, 0.2) is 36.7 Å². The van der Waals surface area contributed by atoms with Crippen LogP contribution in [0.3, 0.4) is 0 Å². The zero-order valence-corrected chi connectivity index (χ0v) is 16.4. The molecule has 156 valence electrons. The molecule has 6 nitrogen and oxygen atoms in total. The van der Waals surface area contributed by atoms with Crippen LogP contribution in [-0.4, -0.2) is 42.6 Å². The zero-order valence-electron chi connectivity index (χ0n) is 16.4. The molecular formula is C21H21F3N6.